The number of aliphatic hydroxyl groups is 1. The Hall–Kier alpha value is -1.06. The topological polar surface area (TPSA) is 41.5 Å². The smallest absolute Gasteiger partial charge is 0.122 e. The summed E-state index contributed by atoms with van der Waals surface area (Å²) in [6.07, 6.45) is 0.728. The number of rotatable bonds is 6. The summed E-state index contributed by atoms with van der Waals surface area (Å²) in [6, 6.07) is 2.30. The van der Waals surface area contributed by atoms with E-state index in [0.717, 1.165) is 12.2 Å². The molecule has 1 aromatic rings. The SMILES string of the molecule is CCOc1cc(C)c(C(CCO)NC)c(C)c1C. The lowest BCUT2D eigenvalue weighted by Crippen LogP contribution is -2.20. The molecule has 0 amide bonds. The number of hydrogen-bond donors (Lipinski definition) is 2. The highest BCUT2D eigenvalue weighted by atomic mass is 16.5. The van der Waals surface area contributed by atoms with Crippen molar-refractivity contribution in [2.45, 2.75) is 40.2 Å². The van der Waals surface area contributed by atoms with Gasteiger partial charge in [-0.15, -0.1) is 0 Å². The third-order valence-corrected chi connectivity index (χ3v) is 3.52. The lowest BCUT2D eigenvalue weighted by atomic mass is 9.91. The average Bonchev–Trinajstić information content (AvgIpc) is 2.35. The Morgan fingerprint density at radius 1 is 1.28 bits per heavy atom. The maximum Gasteiger partial charge on any atom is 0.122 e. The van der Waals surface area contributed by atoms with Gasteiger partial charge in [0.05, 0.1) is 6.61 Å². The lowest BCUT2D eigenvalue weighted by molar-refractivity contribution is 0.268. The van der Waals surface area contributed by atoms with Crippen molar-refractivity contribution in [3.05, 3.63) is 28.3 Å². The monoisotopic (exact) mass is 251 g/mol. The summed E-state index contributed by atoms with van der Waals surface area (Å²) in [6.45, 7) is 9.20. The molecule has 0 aliphatic rings. The standard InChI is InChI=1S/C15H25NO2/c1-6-18-14-9-10(2)15(12(4)11(14)3)13(16-5)7-8-17/h9,13,16-17H,6-8H2,1-5H3. The van der Waals surface area contributed by atoms with E-state index in [0.29, 0.717) is 6.61 Å². The Morgan fingerprint density at radius 3 is 2.44 bits per heavy atom. The molecule has 0 aliphatic carbocycles. The highest BCUT2D eigenvalue weighted by Crippen LogP contribution is 2.32. The number of nitrogens with one attached hydrogen (secondary N) is 1. The first-order valence-corrected chi connectivity index (χ1v) is 6.58. The van der Waals surface area contributed by atoms with Gasteiger partial charge in [-0.1, -0.05) is 0 Å². The van der Waals surface area contributed by atoms with E-state index in [2.05, 4.69) is 32.2 Å². The van der Waals surface area contributed by atoms with E-state index >= 15 is 0 Å². The molecule has 0 heterocycles. The van der Waals surface area contributed by atoms with Crippen molar-refractivity contribution in [3.8, 4) is 5.75 Å². The van der Waals surface area contributed by atoms with Crippen molar-refractivity contribution in [1.82, 2.24) is 5.32 Å². The molecule has 3 nitrogen and oxygen atoms in total. The molecule has 2 N–H and O–H groups in total. The van der Waals surface area contributed by atoms with E-state index < -0.39 is 0 Å². The largest absolute Gasteiger partial charge is 0.494 e. The molecule has 0 spiro atoms. The lowest BCUT2D eigenvalue weighted by Gasteiger charge is -2.23. The molecule has 1 unspecified atom stereocenters. The fourth-order valence-electron chi connectivity index (χ4n) is 2.47. The van der Waals surface area contributed by atoms with Gasteiger partial charge in [0.25, 0.3) is 0 Å². The van der Waals surface area contributed by atoms with Gasteiger partial charge >= 0.3 is 0 Å². The van der Waals surface area contributed by atoms with E-state index in [9.17, 15) is 0 Å². The molecule has 0 aliphatic heterocycles. The van der Waals surface area contributed by atoms with Crippen molar-refractivity contribution in [3.63, 3.8) is 0 Å². The maximum absolute atomic E-state index is 9.15. The Labute approximate surface area is 110 Å². The van der Waals surface area contributed by atoms with Gasteiger partial charge in [0.15, 0.2) is 0 Å². The van der Waals surface area contributed by atoms with Crippen LogP contribution in [-0.2, 0) is 0 Å². The maximum atomic E-state index is 9.15. The summed E-state index contributed by atoms with van der Waals surface area (Å²) >= 11 is 0. The minimum atomic E-state index is 0.191. The molecule has 3 heteroatoms. The van der Waals surface area contributed by atoms with Gasteiger partial charge in [0.2, 0.25) is 0 Å². The van der Waals surface area contributed by atoms with Crippen LogP contribution in [0.2, 0.25) is 0 Å². The fourth-order valence-corrected chi connectivity index (χ4v) is 2.47. The van der Waals surface area contributed by atoms with Crippen LogP contribution in [0.3, 0.4) is 0 Å². The predicted molar refractivity (Wildman–Crippen MR) is 75.3 cm³/mol. The summed E-state index contributed by atoms with van der Waals surface area (Å²) in [7, 11) is 1.94. The molecule has 0 saturated heterocycles. The van der Waals surface area contributed by atoms with Gasteiger partial charge in [-0.25, -0.2) is 0 Å². The molecule has 1 aromatic carbocycles. The first kappa shape index (κ1) is 15.0. The van der Waals surface area contributed by atoms with Crippen LogP contribution in [-0.4, -0.2) is 25.4 Å². The fraction of sp³-hybridized carbons (Fsp3) is 0.600. The van der Waals surface area contributed by atoms with Gasteiger partial charge < -0.3 is 15.2 Å². The van der Waals surface area contributed by atoms with Crippen molar-refractivity contribution in [2.24, 2.45) is 0 Å². The van der Waals surface area contributed by atoms with Gasteiger partial charge in [0.1, 0.15) is 5.75 Å². The molecule has 0 radical (unpaired) electrons. The Balaban J connectivity index is 3.24. The van der Waals surface area contributed by atoms with Gasteiger partial charge in [-0.05, 0) is 69.5 Å². The Morgan fingerprint density at radius 2 is 1.94 bits per heavy atom. The van der Waals surface area contributed by atoms with Crippen LogP contribution in [0.5, 0.6) is 5.75 Å². The molecule has 18 heavy (non-hydrogen) atoms. The number of hydrogen-bond acceptors (Lipinski definition) is 3. The normalized spacial score (nSPS) is 12.6. The quantitative estimate of drug-likeness (QED) is 0.816. The zero-order valence-corrected chi connectivity index (χ0v) is 12.1. The molecule has 102 valence electrons. The van der Waals surface area contributed by atoms with E-state index in [-0.39, 0.29) is 12.6 Å². The van der Waals surface area contributed by atoms with Gasteiger partial charge in [-0.2, -0.15) is 0 Å². The number of aliphatic hydroxyl groups excluding tert-OH is 1. The summed E-state index contributed by atoms with van der Waals surface area (Å²) in [4.78, 5) is 0. The Bertz CT molecular complexity index is 402. The number of aryl methyl sites for hydroxylation is 1. The molecular weight excluding hydrogens is 226 g/mol. The number of benzene rings is 1. The second-order valence-electron chi connectivity index (χ2n) is 4.64. The van der Waals surface area contributed by atoms with Crippen LogP contribution in [0.4, 0.5) is 0 Å². The highest BCUT2D eigenvalue weighted by molar-refractivity contribution is 5.49. The molecule has 1 rings (SSSR count). The van der Waals surface area contributed by atoms with Crippen LogP contribution in [0.1, 0.15) is 41.6 Å². The first-order chi connectivity index (χ1) is 8.56. The van der Waals surface area contributed by atoms with E-state index in [1.807, 2.05) is 14.0 Å². The number of ether oxygens (including phenoxy) is 1. The third kappa shape index (κ3) is 3.03. The van der Waals surface area contributed by atoms with Crippen LogP contribution in [0.25, 0.3) is 0 Å². The van der Waals surface area contributed by atoms with E-state index in [1.165, 1.54) is 22.3 Å². The van der Waals surface area contributed by atoms with E-state index in [4.69, 9.17) is 9.84 Å². The predicted octanol–water partition coefficient (Wildman–Crippen LogP) is 2.65. The van der Waals surface area contributed by atoms with Crippen molar-refractivity contribution in [1.29, 1.82) is 0 Å². The zero-order valence-electron chi connectivity index (χ0n) is 12.1. The van der Waals surface area contributed by atoms with Crippen LogP contribution in [0.15, 0.2) is 6.07 Å². The average molecular weight is 251 g/mol. The van der Waals surface area contributed by atoms with E-state index in [1.54, 1.807) is 0 Å². The van der Waals surface area contributed by atoms with Crippen molar-refractivity contribution >= 4 is 0 Å². The van der Waals surface area contributed by atoms with Crippen molar-refractivity contribution in [2.75, 3.05) is 20.3 Å². The van der Waals surface area contributed by atoms with Crippen molar-refractivity contribution < 1.29 is 9.84 Å². The zero-order chi connectivity index (χ0) is 13.7. The summed E-state index contributed by atoms with van der Waals surface area (Å²) in [5, 5.41) is 12.4. The molecule has 1 atom stereocenters. The minimum Gasteiger partial charge on any atom is -0.494 e. The second kappa shape index (κ2) is 6.76. The summed E-state index contributed by atoms with van der Waals surface area (Å²) < 4.78 is 5.66. The van der Waals surface area contributed by atoms with Gasteiger partial charge in [-0.3, -0.25) is 0 Å². The minimum absolute atomic E-state index is 0.191. The third-order valence-electron chi connectivity index (χ3n) is 3.52. The summed E-state index contributed by atoms with van der Waals surface area (Å²) in [5.74, 6) is 0.968. The molecule has 0 fully saturated rings. The van der Waals surface area contributed by atoms with Crippen LogP contribution >= 0.6 is 0 Å². The molecule has 0 saturated carbocycles. The summed E-state index contributed by atoms with van der Waals surface area (Å²) in [5.41, 5.74) is 4.95. The van der Waals surface area contributed by atoms with Crippen LogP contribution < -0.4 is 10.1 Å². The first-order valence-electron chi connectivity index (χ1n) is 6.58. The molecular formula is C15H25NO2. The highest BCUT2D eigenvalue weighted by Gasteiger charge is 2.17. The molecule has 0 aromatic heterocycles. The Kier molecular flexibility index (Phi) is 5.63. The molecule has 0 bridgehead atoms. The van der Waals surface area contributed by atoms with Gasteiger partial charge in [0, 0.05) is 12.6 Å². The van der Waals surface area contributed by atoms with Crippen LogP contribution in [0, 0.1) is 20.8 Å². The second-order valence-corrected chi connectivity index (χ2v) is 4.64.